The molecule has 152 valence electrons. The number of ether oxygens (including phenoxy) is 3. The molecule has 1 saturated heterocycles. The molecule has 1 N–H and O–H groups in total. The summed E-state index contributed by atoms with van der Waals surface area (Å²) in [5, 5.41) is 12.2. The molecule has 2 aromatic rings. The number of nitrogens with zero attached hydrogens (tertiary/aromatic N) is 4. The van der Waals surface area contributed by atoms with E-state index in [1.807, 2.05) is 11.5 Å². The van der Waals surface area contributed by atoms with E-state index >= 15 is 0 Å². The normalized spacial score (nSPS) is 14.0. The molecule has 2 heterocycles. The fourth-order valence-corrected chi connectivity index (χ4v) is 3.68. The third-order valence-corrected chi connectivity index (χ3v) is 5.29. The van der Waals surface area contributed by atoms with E-state index in [1.165, 1.54) is 11.8 Å². The Kier molecular flexibility index (Phi) is 6.99. The molecule has 0 radical (unpaired) electrons. The number of thioether (sulfide) groups is 1. The van der Waals surface area contributed by atoms with Crippen molar-refractivity contribution in [3.05, 3.63) is 18.2 Å². The van der Waals surface area contributed by atoms with Crippen LogP contribution in [0.3, 0.4) is 0 Å². The summed E-state index contributed by atoms with van der Waals surface area (Å²) in [4.78, 5) is 14.6. The van der Waals surface area contributed by atoms with Gasteiger partial charge in [0.25, 0.3) is 0 Å². The molecule has 1 aromatic carbocycles. The highest BCUT2D eigenvalue weighted by Crippen LogP contribution is 2.29. The zero-order valence-corrected chi connectivity index (χ0v) is 17.1. The molecule has 3 rings (SSSR count). The van der Waals surface area contributed by atoms with Crippen molar-refractivity contribution in [2.75, 3.05) is 56.5 Å². The smallest absolute Gasteiger partial charge is 0.234 e. The predicted molar refractivity (Wildman–Crippen MR) is 108 cm³/mol. The Hall–Kier alpha value is -2.46. The van der Waals surface area contributed by atoms with Crippen LogP contribution in [0.4, 0.5) is 11.6 Å². The van der Waals surface area contributed by atoms with Gasteiger partial charge in [-0.25, -0.2) is 0 Å². The molecule has 1 amide bonds. The molecule has 0 unspecified atom stereocenters. The number of rotatable bonds is 8. The molecular formula is C18H25N5O4S. The number of nitrogens with one attached hydrogen (secondary N) is 1. The standard InChI is InChI=1S/C18H25N5O4S/c1-4-23-17(22-7-9-27-10-8-22)20-21-18(23)28-12-16(24)19-14-6-5-13(25-2)11-15(14)26-3/h5-6,11H,4,7-10,12H2,1-3H3,(H,19,24). The van der Waals surface area contributed by atoms with Crippen molar-refractivity contribution < 1.29 is 19.0 Å². The topological polar surface area (TPSA) is 90.7 Å². The van der Waals surface area contributed by atoms with E-state index < -0.39 is 0 Å². The first-order valence-electron chi connectivity index (χ1n) is 9.06. The Morgan fingerprint density at radius 1 is 1.25 bits per heavy atom. The zero-order chi connectivity index (χ0) is 19.9. The number of benzene rings is 1. The van der Waals surface area contributed by atoms with Crippen LogP contribution in [-0.4, -0.2) is 66.9 Å². The van der Waals surface area contributed by atoms with E-state index in [2.05, 4.69) is 20.4 Å². The summed E-state index contributed by atoms with van der Waals surface area (Å²) in [6, 6.07) is 5.25. The lowest BCUT2D eigenvalue weighted by Crippen LogP contribution is -2.38. The van der Waals surface area contributed by atoms with Crippen LogP contribution in [0.15, 0.2) is 23.4 Å². The SMILES string of the molecule is CCn1c(SCC(=O)Nc2ccc(OC)cc2OC)nnc1N1CCOCC1. The average molecular weight is 407 g/mol. The summed E-state index contributed by atoms with van der Waals surface area (Å²) in [5.74, 6) is 2.11. The lowest BCUT2D eigenvalue weighted by atomic mass is 10.2. The third-order valence-electron chi connectivity index (χ3n) is 4.32. The van der Waals surface area contributed by atoms with Crippen LogP contribution in [0.5, 0.6) is 11.5 Å². The molecule has 28 heavy (non-hydrogen) atoms. The Morgan fingerprint density at radius 3 is 2.71 bits per heavy atom. The molecule has 1 fully saturated rings. The molecule has 1 aromatic heterocycles. The number of methoxy groups -OCH3 is 2. The van der Waals surface area contributed by atoms with Crippen LogP contribution in [-0.2, 0) is 16.1 Å². The van der Waals surface area contributed by atoms with Gasteiger partial charge in [0.05, 0.1) is 38.9 Å². The van der Waals surface area contributed by atoms with E-state index in [1.54, 1.807) is 32.4 Å². The Balaban J connectivity index is 1.62. The minimum Gasteiger partial charge on any atom is -0.497 e. The molecule has 1 aliphatic rings. The Labute approximate surface area is 168 Å². The van der Waals surface area contributed by atoms with Gasteiger partial charge in [-0.05, 0) is 19.1 Å². The summed E-state index contributed by atoms with van der Waals surface area (Å²) in [6.07, 6.45) is 0. The number of amides is 1. The van der Waals surface area contributed by atoms with E-state index in [0.29, 0.717) is 30.4 Å². The van der Waals surface area contributed by atoms with Crippen LogP contribution < -0.4 is 19.7 Å². The van der Waals surface area contributed by atoms with Gasteiger partial charge in [0, 0.05) is 25.7 Å². The highest BCUT2D eigenvalue weighted by molar-refractivity contribution is 7.99. The van der Waals surface area contributed by atoms with Crippen LogP contribution in [0.25, 0.3) is 0 Å². The van der Waals surface area contributed by atoms with Crippen molar-refractivity contribution in [3.8, 4) is 11.5 Å². The molecule has 0 atom stereocenters. The number of anilines is 2. The maximum Gasteiger partial charge on any atom is 0.234 e. The average Bonchev–Trinajstić information content (AvgIpc) is 3.16. The molecule has 0 spiro atoms. The van der Waals surface area contributed by atoms with E-state index in [4.69, 9.17) is 14.2 Å². The van der Waals surface area contributed by atoms with E-state index in [0.717, 1.165) is 30.7 Å². The number of aromatic nitrogens is 3. The van der Waals surface area contributed by atoms with Crippen LogP contribution in [0, 0.1) is 0 Å². The van der Waals surface area contributed by atoms with Gasteiger partial charge in [-0.15, -0.1) is 10.2 Å². The second-order valence-corrected chi connectivity index (χ2v) is 6.97. The van der Waals surface area contributed by atoms with Crippen molar-refractivity contribution in [1.29, 1.82) is 0 Å². The van der Waals surface area contributed by atoms with Crippen LogP contribution in [0.2, 0.25) is 0 Å². The summed E-state index contributed by atoms with van der Waals surface area (Å²) in [6.45, 7) is 5.73. The number of hydrogen-bond donors (Lipinski definition) is 1. The highest BCUT2D eigenvalue weighted by atomic mass is 32.2. The molecular weight excluding hydrogens is 382 g/mol. The van der Waals surface area contributed by atoms with Crippen LogP contribution >= 0.6 is 11.8 Å². The number of carbonyl (C=O) groups is 1. The minimum absolute atomic E-state index is 0.146. The van der Waals surface area contributed by atoms with Gasteiger partial charge in [-0.1, -0.05) is 11.8 Å². The van der Waals surface area contributed by atoms with Gasteiger partial charge >= 0.3 is 0 Å². The van der Waals surface area contributed by atoms with Gasteiger partial charge in [0.2, 0.25) is 11.9 Å². The van der Waals surface area contributed by atoms with Crippen molar-refractivity contribution in [1.82, 2.24) is 14.8 Å². The number of carbonyl (C=O) groups excluding carboxylic acids is 1. The van der Waals surface area contributed by atoms with Crippen LogP contribution in [0.1, 0.15) is 6.92 Å². The lowest BCUT2D eigenvalue weighted by Gasteiger charge is -2.27. The summed E-state index contributed by atoms with van der Waals surface area (Å²) in [7, 11) is 3.13. The maximum atomic E-state index is 12.4. The van der Waals surface area contributed by atoms with Gasteiger partial charge in [-0.3, -0.25) is 9.36 Å². The summed E-state index contributed by atoms with van der Waals surface area (Å²) >= 11 is 1.36. The largest absolute Gasteiger partial charge is 0.497 e. The zero-order valence-electron chi connectivity index (χ0n) is 16.3. The second-order valence-electron chi connectivity index (χ2n) is 6.03. The fourth-order valence-electron chi connectivity index (χ4n) is 2.88. The summed E-state index contributed by atoms with van der Waals surface area (Å²) < 4.78 is 17.9. The fraction of sp³-hybridized carbons (Fsp3) is 0.500. The maximum absolute atomic E-state index is 12.4. The monoisotopic (exact) mass is 407 g/mol. The molecule has 0 aliphatic carbocycles. The number of morpholine rings is 1. The van der Waals surface area contributed by atoms with Gasteiger partial charge in [0.1, 0.15) is 11.5 Å². The lowest BCUT2D eigenvalue weighted by molar-refractivity contribution is -0.113. The summed E-state index contributed by atoms with van der Waals surface area (Å²) in [5.41, 5.74) is 0.597. The Morgan fingerprint density at radius 2 is 2.04 bits per heavy atom. The molecule has 0 saturated carbocycles. The van der Waals surface area contributed by atoms with Gasteiger partial charge in [0.15, 0.2) is 5.16 Å². The second kappa shape index (κ2) is 9.65. The van der Waals surface area contributed by atoms with Crippen molar-refractivity contribution in [3.63, 3.8) is 0 Å². The molecule has 9 nitrogen and oxygen atoms in total. The Bertz CT molecular complexity index is 807. The first-order valence-corrected chi connectivity index (χ1v) is 10.1. The van der Waals surface area contributed by atoms with Crippen molar-refractivity contribution in [2.24, 2.45) is 0 Å². The number of hydrogen-bond acceptors (Lipinski definition) is 8. The van der Waals surface area contributed by atoms with E-state index in [-0.39, 0.29) is 11.7 Å². The predicted octanol–water partition coefficient (Wildman–Crippen LogP) is 1.88. The van der Waals surface area contributed by atoms with Gasteiger partial charge in [-0.2, -0.15) is 0 Å². The molecule has 0 bridgehead atoms. The minimum atomic E-state index is -0.146. The first kappa shape index (κ1) is 20.3. The highest BCUT2D eigenvalue weighted by Gasteiger charge is 2.20. The van der Waals surface area contributed by atoms with E-state index in [9.17, 15) is 4.79 Å². The van der Waals surface area contributed by atoms with Gasteiger partial charge < -0.3 is 24.4 Å². The third kappa shape index (κ3) is 4.68. The van der Waals surface area contributed by atoms with Crippen molar-refractivity contribution in [2.45, 2.75) is 18.6 Å². The molecule has 10 heteroatoms. The first-order chi connectivity index (χ1) is 13.7. The molecule has 1 aliphatic heterocycles. The quantitative estimate of drug-likeness (QED) is 0.664. The van der Waals surface area contributed by atoms with Crippen molar-refractivity contribution >= 4 is 29.3 Å².